The van der Waals surface area contributed by atoms with Crippen LogP contribution in [0.25, 0.3) is 0 Å². The van der Waals surface area contributed by atoms with Gasteiger partial charge in [0, 0.05) is 82.5 Å². The minimum absolute atomic E-state index is 0.0177. The fourth-order valence-corrected chi connectivity index (χ4v) is 13.0. The summed E-state index contributed by atoms with van der Waals surface area (Å²) in [5, 5.41) is 24.9. The van der Waals surface area contributed by atoms with E-state index in [4.69, 9.17) is 62.6 Å². The average Bonchev–Trinajstić information content (AvgIpc) is 1.68. The van der Waals surface area contributed by atoms with Crippen LogP contribution in [-0.4, -0.2) is 312 Å². The van der Waals surface area contributed by atoms with Gasteiger partial charge >= 0.3 is 24.1 Å². The van der Waals surface area contributed by atoms with Crippen LogP contribution < -0.4 is 53.6 Å². The van der Waals surface area contributed by atoms with Crippen molar-refractivity contribution < 1.29 is 124 Å². The number of allylic oxidation sites excluding steroid dienone is 1. The first-order valence-corrected chi connectivity index (χ1v) is 44.2. The maximum absolute atomic E-state index is 14.4. The topological polar surface area (TPSA) is 494 Å². The number of amides is 13. The zero-order chi connectivity index (χ0) is 95.2. The molecule has 0 spiro atoms. The summed E-state index contributed by atoms with van der Waals surface area (Å²) >= 11 is 0. The van der Waals surface area contributed by atoms with Gasteiger partial charge in [0.1, 0.15) is 49.7 Å². The first kappa shape index (κ1) is 111. The predicted molar refractivity (Wildman–Crippen MR) is 475 cm³/mol. The van der Waals surface area contributed by atoms with Crippen LogP contribution in [0.2, 0.25) is 0 Å². The third kappa shape index (κ3) is 44.2. The van der Waals surface area contributed by atoms with Gasteiger partial charge in [-0.05, 0) is 120 Å². The first-order valence-electron chi connectivity index (χ1n) is 44.2. The Balaban J connectivity index is 1.25. The van der Waals surface area contributed by atoms with Gasteiger partial charge < -0.3 is 115 Å². The lowest BCUT2D eigenvalue weighted by atomic mass is 9.90. The van der Waals surface area contributed by atoms with Crippen LogP contribution >= 0.6 is 0 Å². The fraction of sp³-hybridized carbons (Fsp3) is 0.644. The molecule has 2 aliphatic rings. The van der Waals surface area contributed by atoms with E-state index in [1.54, 1.807) is 88.4 Å². The number of anilines is 1. The molecule has 2 aromatic rings. The molecule has 0 fully saturated rings. The summed E-state index contributed by atoms with van der Waals surface area (Å²) in [5.41, 5.74) is 7.49. The van der Waals surface area contributed by atoms with Crippen LogP contribution in [0.3, 0.4) is 0 Å². The predicted octanol–water partition coefficient (Wildman–Crippen LogP) is 3.59. The number of primary amides is 1. The van der Waals surface area contributed by atoms with Gasteiger partial charge in [0.15, 0.2) is 6.10 Å². The minimum Gasteiger partial charge on any atom is -0.456 e. The highest BCUT2D eigenvalue weighted by Gasteiger charge is 2.39. The van der Waals surface area contributed by atoms with E-state index in [1.165, 1.54) is 58.0 Å². The first-order chi connectivity index (χ1) is 61.6. The van der Waals surface area contributed by atoms with E-state index in [2.05, 4.69) is 47.9 Å². The molecule has 2 heterocycles. The summed E-state index contributed by atoms with van der Waals surface area (Å²) in [5.74, 6) is -8.87. The lowest BCUT2D eigenvalue weighted by molar-refractivity contribution is -0.156. The molecule has 2 aromatic carbocycles. The van der Waals surface area contributed by atoms with Crippen LogP contribution in [0.1, 0.15) is 139 Å². The highest BCUT2D eigenvalue weighted by molar-refractivity contribution is 6.13. The molecule has 0 aliphatic carbocycles. The zero-order valence-corrected chi connectivity index (χ0v) is 77.5. The Morgan fingerprint density at radius 3 is 1.75 bits per heavy atom. The molecule has 129 heavy (non-hydrogen) atoms. The number of rotatable bonds is 53. The standard InChI is InChI=1S/C90H141N13O26/c1-15-61(7)79-84(111)97-66(12)88(115)129-80(62(8)16-2)64(10)72(30-25-63(9)87(114)128-73(54-59(3)4)82(109)96-65(11)85(112)102(14)71(55-67-22-18-17-19-23-67)86(113)101(13)56-75(105)100-79)127-58-95-90(117)126-57-68-26-28-69(29-27-68)98-81(108)70(24-20-34-94-89(91)116)99-83(110)78(60(5)6)93-35-21-38-118-40-42-120-44-46-122-48-50-124-52-53-125-51-49-123-47-45-121-43-41-119-39-36-92-74(104)33-37-103-76(106)31-32-77(103)107/h16-19,22-23,25-29,31-32,59-61,64-66,70-73,78-80,93H,15,20-21,24,30,33-58H2,1-14H3,(H,92,104)(H,95,117)(H,96,109)(H,97,111)(H,98,108)(H,99,110)(H,100,105)(H3,91,94,116)/b62-16+,63-25+/t61?,64-,65-,66+,70-,71+,72-,73+,78-,79-,80+/m0/s1. The van der Waals surface area contributed by atoms with Crippen molar-refractivity contribution in [3.8, 4) is 0 Å². The van der Waals surface area contributed by atoms with E-state index < -0.39 is 157 Å². The Kier molecular flexibility index (Phi) is 54.0. The summed E-state index contributed by atoms with van der Waals surface area (Å²) in [6.45, 7) is 26.1. The van der Waals surface area contributed by atoms with E-state index in [-0.39, 0.29) is 81.5 Å². The van der Waals surface area contributed by atoms with Crippen LogP contribution in [0.4, 0.5) is 15.3 Å². The molecule has 13 amide bonds. The number of esters is 2. The van der Waals surface area contributed by atoms with Crippen molar-refractivity contribution in [3.05, 3.63) is 101 Å². The largest absolute Gasteiger partial charge is 0.456 e. The normalized spacial score (nSPS) is 20.4. The second-order valence-electron chi connectivity index (χ2n) is 32.1. The van der Waals surface area contributed by atoms with Crippen molar-refractivity contribution in [2.75, 3.05) is 165 Å². The number of nitrogens with zero attached hydrogens (tertiary/aromatic N) is 3. The van der Waals surface area contributed by atoms with Crippen LogP contribution in [0.5, 0.6) is 0 Å². The number of ether oxygens (including phenoxy) is 12. The zero-order valence-electron chi connectivity index (χ0n) is 77.5. The van der Waals surface area contributed by atoms with E-state index in [1.807, 2.05) is 34.6 Å². The Labute approximate surface area is 757 Å². The molecule has 1 unspecified atom stereocenters. The maximum atomic E-state index is 14.4. The van der Waals surface area contributed by atoms with E-state index in [9.17, 15) is 67.1 Å². The number of benzene rings is 2. The summed E-state index contributed by atoms with van der Waals surface area (Å²) in [6, 6.07) is 7.96. The number of nitrogens with two attached hydrogens (primary N) is 1. The Hall–Kier alpha value is -10.4. The van der Waals surface area contributed by atoms with Gasteiger partial charge in [-0.2, -0.15) is 0 Å². The van der Waals surface area contributed by atoms with Gasteiger partial charge in [-0.15, -0.1) is 0 Å². The molecule has 0 saturated heterocycles. The van der Waals surface area contributed by atoms with E-state index >= 15 is 0 Å². The Morgan fingerprint density at radius 2 is 1.20 bits per heavy atom. The van der Waals surface area contributed by atoms with Gasteiger partial charge in [0.2, 0.25) is 41.4 Å². The molecule has 0 aromatic heterocycles. The summed E-state index contributed by atoms with van der Waals surface area (Å²) in [7, 11) is 2.80. The number of imide groups is 1. The average molecular weight is 1820 g/mol. The molecule has 0 radical (unpaired) electrons. The second kappa shape index (κ2) is 62.8. The van der Waals surface area contributed by atoms with Crippen molar-refractivity contribution in [3.63, 3.8) is 0 Å². The number of alkyl carbamates (subject to hydrolysis) is 1. The molecular formula is C90H141N13O26. The molecule has 0 saturated carbocycles. The number of carbonyl (C=O) groups is 14. The molecule has 4 rings (SSSR count). The molecular weight excluding hydrogens is 1680 g/mol. The molecule has 722 valence electrons. The molecule has 0 bridgehead atoms. The van der Waals surface area contributed by atoms with Gasteiger partial charge in [-0.1, -0.05) is 110 Å². The van der Waals surface area contributed by atoms with Crippen molar-refractivity contribution >= 4 is 88.8 Å². The number of likely N-dealkylation sites (N-methyl/N-ethyl adjacent to an activating group) is 2. The summed E-state index contributed by atoms with van der Waals surface area (Å²) < 4.78 is 68.4. The molecule has 39 nitrogen and oxygen atoms in total. The van der Waals surface area contributed by atoms with Gasteiger partial charge in [-0.25, -0.2) is 19.2 Å². The Bertz CT molecular complexity index is 3890. The van der Waals surface area contributed by atoms with Gasteiger partial charge in [-0.3, -0.25) is 58.2 Å². The summed E-state index contributed by atoms with van der Waals surface area (Å²) in [6.07, 6.45) is 2.76. The molecule has 11 atom stereocenters. The lowest BCUT2D eigenvalue weighted by Crippen LogP contribution is -2.57. The van der Waals surface area contributed by atoms with Crippen LogP contribution in [-0.2, 0) is 127 Å². The van der Waals surface area contributed by atoms with E-state index in [0.29, 0.717) is 154 Å². The monoisotopic (exact) mass is 1820 g/mol. The van der Waals surface area contributed by atoms with E-state index in [0.717, 1.165) is 9.80 Å². The number of nitrogens with one attached hydrogen (secondary N) is 9. The fourth-order valence-electron chi connectivity index (χ4n) is 13.0. The quantitative estimate of drug-likeness (QED) is 0.0113. The number of hydrogen-bond acceptors (Lipinski definition) is 27. The number of carbonyl (C=O) groups excluding carboxylic acids is 14. The highest BCUT2D eigenvalue weighted by Crippen LogP contribution is 2.27. The van der Waals surface area contributed by atoms with Crippen molar-refractivity contribution in [2.45, 2.75) is 196 Å². The van der Waals surface area contributed by atoms with Crippen molar-refractivity contribution in [2.24, 2.45) is 29.4 Å². The van der Waals surface area contributed by atoms with Crippen LogP contribution in [0.15, 0.2) is 90.0 Å². The number of cyclic esters (lactones) is 2. The SMILES string of the molecule is C/C=C(\C)[C@H]1OC(=O)[C@@H](C)NC(=O)[C@H](C(C)CC)NC(=O)CN(C)C(=O)[C@@H](Cc2ccccc2)N(C)C(=O)[C@H](C)NC(=O)[C@@H](CC(C)C)OC(=O)/C(C)=C/C[C@H](OCNC(=O)OCc2ccc(NC(=O)[C@H](CCCNC(N)=O)NC(=O)[C@@H](NCCCOCCOCCOCCOCCOCCOCCOCCOCCNC(=O)CCN3C(=O)C=CC3=O)C(C)C)cc2)[C@@H]1C. The van der Waals surface area contributed by atoms with Gasteiger partial charge in [0.25, 0.3) is 17.7 Å². The third-order valence-electron chi connectivity index (χ3n) is 20.9. The molecule has 2 aliphatic heterocycles. The lowest BCUT2D eigenvalue weighted by Gasteiger charge is -2.33. The third-order valence-corrected chi connectivity index (χ3v) is 20.9. The molecule has 11 N–H and O–H groups in total. The van der Waals surface area contributed by atoms with Gasteiger partial charge in [0.05, 0.1) is 118 Å². The number of urea groups is 1. The van der Waals surface area contributed by atoms with Crippen molar-refractivity contribution in [1.29, 1.82) is 0 Å². The maximum Gasteiger partial charge on any atom is 0.409 e. The second-order valence-corrected chi connectivity index (χ2v) is 32.1. The van der Waals surface area contributed by atoms with Crippen LogP contribution in [0, 0.1) is 23.7 Å². The summed E-state index contributed by atoms with van der Waals surface area (Å²) in [4.78, 5) is 190. The van der Waals surface area contributed by atoms with Crippen molar-refractivity contribution in [1.82, 2.24) is 57.2 Å². The number of hydrogen-bond donors (Lipinski definition) is 10. The Morgan fingerprint density at radius 1 is 0.636 bits per heavy atom. The molecule has 39 heteroatoms. The minimum atomic E-state index is -1.38. The smallest absolute Gasteiger partial charge is 0.409 e. The highest BCUT2D eigenvalue weighted by atomic mass is 16.6.